The first-order valence-electron chi connectivity index (χ1n) is 6.28. The van der Waals surface area contributed by atoms with E-state index in [1.807, 2.05) is 0 Å². The minimum atomic E-state index is 0.786. The van der Waals surface area contributed by atoms with Crippen LogP contribution in [0.5, 0.6) is 0 Å². The zero-order valence-electron chi connectivity index (χ0n) is 10.5. The van der Waals surface area contributed by atoms with Gasteiger partial charge in [-0.05, 0) is 24.5 Å². The lowest BCUT2D eigenvalue weighted by molar-refractivity contribution is 0.144. The molecular weight excluding hydrogens is 198 g/mol. The van der Waals surface area contributed by atoms with Crippen LogP contribution in [0, 0.1) is 0 Å². The highest BCUT2D eigenvalue weighted by atomic mass is 16.5. The number of para-hydroxylation sites is 1. The van der Waals surface area contributed by atoms with Gasteiger partial charge in [0, 0.05) is 18.8 Å². The van der Waals surface area contributed by atoms with Crippen molar-refractivity contribution < 1.29 is 4.74 Å². The van der Waals surface area contributed by atoms with Gasteiger partial charge in [0.05, 0.1) is 6.61 Å². The molecule has 0 amide bonds. The average Bonchev–Trinajstić information content (AvgIpc) is 2.31. The van der Waals surface area contributed by atoms with Crippen molar-refractivity contribution in [3.05, 3.63) is 29.8 Å². The molecule has 2 nitrogen and oxygen atoms in total. The summed E-state index contributed by atoms with van der Waals surface area (Å²) in [5.41, 5.74) is 2.66. The van der Waals surface area contributed by atoms with E-state index >= 15 is 0 Å². The number of aryl methyl sites for hydroxylation is 1. The van der Waals surface area contributed by atoms with Gasteiger partial charge in [0.2, 0.25) is 0 Å². The summed E-state index contributed by atoms with van der Waals surface area (Å²) in [5.74, 6) is 0. The Labute approximate surface area is 99.0 Å². The Morgan fingerprint density at radius 1 is 1.06 bits per heavy atom. The molecule has 90 valence electrons. The highest BCUT2D eigenvalue weighted by Gasteiger charge is 1.99. The molecule has 0 aliphatic carbocycles. The number of rotatable bonds is 8. The molecule has 0 aromatic heterocycles. The fraction of sp³-hybridized carbons (Fsp3) is 0.571. The van der Waals surface area contributed by atoms with Crippen LogP contribution in [0.3, 0.4) is 0 Å². The lowest BCUT2D eigenvalue weighted by Gasteiger charge is -2.11. The molecule has 1 N–H and O–H groups in total. The van der Waals surface area contributed by atoms with E-state index in [0.29, 0.717) is 0 Å². The van der Waals surface area contributed by atoms with Gasteiger partial charge in [0.1, 0.15) is 0 Å². The third-order valence-electron chi connectivity index (χ3n) is 2.45. The molecule has 2 heteroatoms. The van der Waals surface area contributed by atoms with Gasteiger partial charge in [-0.3, -0.25) is 0 Å². The fourth-order valence-corrected chi connectivity index (χ4v) is 1.68. The van der Waals surface area contributed by atoms with Gasteiger partial charge in [0.25, 0.3) is 0 Å². The van der Waals surface area contributed by atoms with Crippen LogP contribution in [0.1, 0.15) is 32.3 Å². The van der Waals surface area contributed by atoms with Crippen molar-refractivity contribution in [1.82, 2.24) is 0 Å². The first-order valence-corrected chi connectivity index (χ1v) is 6.28. The molecule has 0 aliphatic rings. The molecule has 0 aliphatic heterocycles. The number of ether oxygens (including phenoxy) is 1. The molecule has 1 aromatic carbocycles. The Balaban J connectivity index is 2.34. The maximum absolute atomic E-state index is 5.44. The van der Waals surface area contributed by atoms with Gasteiger partial charge in [-0.1, -0.05) is 38.5 Å². The largest absolute Gasteiger partial charge is 0.383 e. The summed E-state index contributed by atoms with van der Waals surface area (Å²) in [7, 11) is 0. The van der Waals surface area contributed by atoms with Crippen molar-refractivity contribution in [2.45, 2.75) is 33.1 Å². The standard InChI is InChI=1S/C14H23NO/c1-3-7-13-8-5-6-9-14(13)15-10-12-16-11-4-2/h5-6,8-9,15H,3-4,7,10-12H2,1-2H3. The smallest absolute Gasteiger partial charge is 0.0639 e. The van der Waals surface area contributed by atoms with E-state index in [4.69, 9.17) is 4.74 Å². The third-order valence-corrected chi connectivity index (χ3v) is 2.45. The first-order chi connectivity index (χ1) is 7.88. The minimum absolute atomic E-state index is 0.786. The molecule has 16 heavy (non-hydrogen) atoms. The summed E-state index contributed by atoms with van der Waals surface area (Å²) in [4.78, 5) is 0. The minimum Gasteiger partial charge on any atom is -0.383 e. The molecule has 0 saturated heterocycles. The maximum Gasteiger partial charge on any atom is 0.0639 e. The number of hydrogen-bond acceptors (Lipinski definition) is 2. The molecule has 0 bridgehead atoms. The predicted octanol–water partition coefficient (Wildman–Crippen LogP) is 3.48. The molecule has 0 unspecified atom stereocenters. The number of nitrogens with one attached hydrogen (secondary N) is 1. The van der Waals surface area contributed by atoms with Crippen LogP contribution in [0.4, 0.5) is 5.69 Å². The fourth-order valence-electron chi connectivity index (χ4n) is 1.68. The van der Waals surface area contributed by atoms with Crippen molar-refractivity contribution >= 4 is 5.69 Å². The molecule has 0 saturated carbocycles. The third kappa shape index (κ3) is 4.67. The van der Waals surface area contributed by atoms with Crippen LogP contribution in [0.15, 0.2) is 24.3 Å². The quantitative estimate of drug-likeness (QED) is 0.679. The van der Waals surface area contributed by atoms with Crippen LogP contribution >= 0.6 is 0 Å². The Kier molecular flexibility index (Phi) is 6.66. The van der Waals surface area contributed by atoms with E-state index in [2.05, 4.69) is 43.4 Å². The summed E-state index contributed by atoms with van der Waals surface area (Å²) in [5, 5.41) is 3.43. The Morgan fingerprint density at radius 2 is 1.88 bits per heavy atom. The maximum atomic E-state index is 5.44. The van der Waals surface area contributed by atoms with Gasteiger partial charge >= 0.3 is 0 Å². The number of anilines is 1. The topological polar surface area (TPSA) is 21.3 Å². The summed E-state index contributed by atoms with van der Waals surface area (Å²) < 4.78 is 5.44. The van der Waals surface area contributed by atoms with Crippen molar-refractivity contribution in [1.29, 1.82) is 0 Å². The van der Waals surface area contributed by atoms with Crippen molar-refractivity contribution in [3.63, 3.8) is 0 Å². The molecule has 1 rings (SSSR count). The molecule has 1 aromatic rings. The zero-order chi connectivity index (χ0) is 11.6. The van der Waals surface area contributed by atoms with E-state index in [1.165, 1.54) is 17.7 Å². The second-order valence-corrected chi connectivity index (χ2v) is 3.95. The lowest BCUT2D eigenvalue weighted by Crippen LogP contribution is -2.11. The normalized spacial score (nSPS) is 10.4. The lowest BCUT2D eigenvalue weighted by atomic mass is 10.1. The van der Waals surface area contributed by atoms with E-state index < -0.39 is 0 Å². The summed E-state index contributed by atoms with van der Waals surface area (Å²) in [6, 6.07) is 8.52. The van der Waals surface area contributed by atoms with Gasteiger partial charge in [-0.25, -0.2) is 0 Å². The van der Waals surface area contributed by atoms with Crippen molar-refractivity contribution in [3.8, 4) is 0 Å². The van der Waals surface area contributed by atoms with E-state index in [0.717, 1.165) is 32.6 Å². The zero-order valence-corrected chi connectivity index (χ0v) is 10.5. The predicted molar refractivity (Wildman–Crippen MR) is 70.0 cm³/mol. The van der Waals surface area contributed by atoms with Crippen molar-refractivity contribution in [2.75, 3.05) is 25.1 Å². The number of hydrogen-bond donors (Lipinski definition) is 1. The Bertz CT molecular complexity index is 286. The van der Waals surface area contributed by atoms with Gasteiger partial charge in [-0.2, -0.15) is 0 Å². The Hall–Kier alpha value is -1.02. The number of benzene rings is 1. The average molecular weight is 221 g/mol. The molecule has 0 heterocycles. The summed E-state index contributed by atoms with van der Waals surface area (Å²) in [6.45, 7) is 6.87. The Morgan fingerprint density at radius 3 is 2.62 bits per heavy atom. The van der Waals surface area contributed by atoms with E-state index in [1.54, 1.807) is 0 Å². The van der Waals surface area contributed by atoms with Crippen LogP contribution in [-0.4, -0.2) is 19.8 Å². The van der Waals surface area contributed by atoms with E-state index in [-0.39, 0.29) is 0 Å². The van der Waals surface area contributed by atoms with E-state index in [9.17, 15) is 0 Å². The highest BCUT2D eigenvalue weighted by Crippen LogP contribution is 2.16. The second-order valence-electron chi connectivity index (χ2n) is 3.95. The summed E-state index contributed by atoms with van der Waals surface area (Å²) >= 11 is 0. The van der Waals surface area contributed by atoms with Crippen LogP contribution in [0.2, 0.25) is 0 Å². The van der Waals surface area contributed by atoms with Gasteiger partial charge < -0.3 is 10.1 Å². The van der Waals surface area contributed by atoms with Crippen LogP contribution in [0.25, 0.3) is 0 Å². The molecular formula is C14H23NO. The molecule has 0 spiro atoms. The highest BCUT2D eigenvalue weighted by molar-refractivity contribution is 5.51. The first kappa shape index (κ1) is 13.0. The molecule has 0 radical (unpaired) electrons. The monoisotopic (exact) mass is 221 g/mol. The molecule has 0 fully saturated rings. The van der Waals surface area contributed by atoms with Crippen molar-refractivity contribution in [2.24, 2.45) is 0 Å². The van der Waals surface area contributed by atoms with Gasteiger partial charge in [0.15, 0.2) is 0 Å². The second kappa shape index (κ2) is 8.17. The SMILES string of the molecule is CCCOCCNc1ccccc1CCC. The molecule has 0 atom stereocenters. The summed E-state index contributed by atoms with van der Waals surface area (Å²) in [6.07, 6.45) is 3.41. The van der Waals surface area contributed by atoms with Crippen LogP contribution in [-0.2, 0) is 11.2 Å². The van der Waals surface area contributed by atoms with Gasteiger partial charge in [-0.15, -0.1) is 0 Å². The van der Waals surface area contributed by atoms with Crippen LogP contribution < -0.4 is 5.32 Å².